The van der Waals surface area contributed by atoms with E-state index >= 15 is 0 Å². The highest BCUT2D eigenvalue weighted by atomic mass is 79.9. The molecule has 1 aromatic carbocycles. The molecule has 1 heterocycles. The first-order valence-corrected chi connectivity index (χ1v) is 6.60. The van der Waals surface area contributed by atoms with Gasteiger partial charge in [0.25, 0.3) is 0 Å². The molecule has 90 valence electrons. The van der Waals surface area contributed by atoms with Crippen molar-refractivity contribution >= 4 is 31.9 Å². The van der Waals surface area contributed by atoms with Gasteiger partial charge < -0.3 is 4.57 Å². The zero-order chi connectivity index (χ0) is 12.4. The monoisotopic (exact) mass is 358 g/mol. The molecule has 17 heavy (non-hydrogen) atoms. The predicted octanol–water partition coefficient (Wildman–Crippen LogP) is 2.50. The lowest BCUT2D eigenvalue weighted by atomic mass is 10.1. The second-order valence-electron chi connectivity index (χ2n) is 3.66. The Kier molecular flexibility index (Phi) is 3.98. The minimum atomic E-state index is -0.151. The molecule has 0 fully saturated rings. The maximum Gasteiger partial charge on any atom is 0.131 e. The number of hydrogen-bond donors (Lipinski definition) is 2. The average Bonchev–Trinajstić information content (AvgIpc) is 2.71. The lowest BCUT2D eigenvalue weighted by molar-refractivity contribution is 0.578. The number of nitrogens with zero attached hydrogens (tertiary/aromatic N) is 2. The number of halogens is 2. The van der Waals surface area contributed by atoms with Crippen molar-refractivity contribution in [3.05, 3.63) is 50.9 Å². The van der Waals surface area contributed by atoms with E-state index in [9.17, 15) is 0 Å². The fourth-order valence-corrected chi connectivity index (χ4v) is 2.55. The number of hydrazine groups is 1. The van der Waals surface area contributed by atoms with Gasteiger partial charge >= 0.3 is 0 Å². The maximum absolute atomic E-state index is 5.64. The average molecular weight is 360 g/mol. The van der Waals surface area contributed by atoms with Crippen LogP contribution in [0, 0.1) is 0 Å². The van der Waals surface area contributed by atoms with E-state index in [0.29, 0.717) is 0 Å². The minimum absolute atomic E-state index is 0.151. The molecule has 1 atom stereocenters. The molecule has 2 aromatic rings. The van der Waals surface area contributed by atoms with Crippen LogP contribution in [0.1, 0.15) is 17.4 Å². The van der Waals surface area contributed by atoms with Gasteiger partial charge in [-0.2, -0.15) is 0 Å². The summed E-state index contributed by atoms with van der Waals surface area (Å²) >= 11 is 6.99. The summed E-state index contributed by atoms with van der Waals surface area (Å²) in [4.78, 5) is 4.32. The molecule has 4 nitrogen and oxygen atoms in total. The van der Waals surface area contributed by atoms with E-state index in [1.165, 1.54) is 0 Å². The minimum Gasteiger partial charge on any atom is -0.336 e. The molecule has 0 aliphatic heterocycles. The highest BCUT2D eigenvalue weighted by Crippen LogP contribution is 2.29. The fourth-order valence-electron chi connectivity index (χ4n) is 1.69. The van der Waals surface area contributed by atoms with Gasteiger partial charge in [-0.15, -0.1) is 0 Å². The molecule has 0 aliphatic carbocycles. The van der Waals surface area contributed by atoms with Crippen molar-refractivity contribution in [1.29, 1.82) is 0 Å². The van der Waals surface area contributed by atoms with Crippen molar-refractivity contribution in [2.24, 2.45) is 12.9 Å². The molecule has 0 amide bonds. The number of aromatic nitrogens is 2. The Hall–Kier alpha value is -0.690. The number of aryl methyl sites for hydroxylation is 1. The Bertz CT molecular complexity index is 524. The van der Waals surface area contributed by atoms with Crippen LogP contribution in [0.25, 0.3) is 0 Å². The summed E-state index contributed by atoms with van der Waals surface area (Å²) < 4.78 is 3.94. The van der Waals surface area contributed by atoms with Crippen LogP contribution in [0.15, 0.2) is 39.5 Å². The Morgan fingerprint density at radius 3 is 2.76 bits per heavy atom. The van der Waals surface area contributed by atoms with Gasteiger partial charge in [-0.1, -0.05) is 31.9 Å². The molecule has 0 saturated carbocycles. The third-order valence-corrected chi connectivity index (χ3v) is 3.77. The van der Waals surface area contributed by atoms with E-state index in [2.05, 4.69) is 42.3 Å². The molecule has 0 spiro atoms. The topological polar surface area (TPSA) is 55.9 Å². The third-order valence-electron chi connectivity index (χ3n) is 2.55. The first kappa shape index (κ1) is 12.8. The largest absolute Gasteiger partial charge is 0.336 e. The van der Waals surface area contributed by atoms with Crippen molar-refractivity contribution in [3.8, 4) is 0 Å². The normalized spacial score (nSPS) is 12.7. The van der Waals surface area contributed by atoms with E-state index < -0.39 is 0 Å². The first-order valence-electron chi connectivity index (χ1n) is 5.01. The lowest BCUT2D eigenvalue weighted by Crippen LogP contribution is -2.31. The molecule has 0 aliphatic rings. The second-order valence-corrected chi connectivity index (χ2v) is 5.43. The Balaban J connectivity index is 2.49. The molecule has 6 heteroatoms. The fraction of sp³-hybridized carbons (Fsp3) is 0.182. The summed E-state index contributed by atoms with van der Waals surface area (Å²) in [7, 11) is 1.94. The van der Waals surface area contributed by atoms with Crippen molar-refractivity contribution in [3.63, 3.8) is 0 Å². The van der Waals surface area contributed by atoms with Crippen molar-refractivity contribution in [1.82, 2.24) is 15.0 Å². The van der Waals surface area contributed by atoms with Gasteiger partial charge in [0.15, 0.2) is 0 Å². The summed E-state index contributed by atoms with van der Waals surface area (Å²) in [6.45, 7) is 0. The van der Waals surface area contributed by atoms with Crippen molar-refractivity contribution in [2.45, 2.75) is 6.04 Å². The van der Waals surface area contributed by atoms with Crippen molar-refractivity contribution < 1.29 is 0 Å². The van der Waals surface area contributed by atoms with Crippen LogP contribution >= 0.6 is 31.9 Å². The van der Waals surface area contributed by atoms with Crippen LogP contribution in [0.4, 0.5) is 0 Å². The quantitative estimate of drug-likeness (QED) is 0.654. The first-order chi connectivity index (χ1) is 8.13. The molecule has 3 N–H and O–H groups in total. The SMILES string of the molecule is Cn1ccnc1C(NN)c1cc(Br)ccc1Br. The number of rotatable bonds is 3. The summed E-state index contributed by atoms with van der Waals surface area (Å²) in [5.74, 6) is 6.51. The van der Waals surface area contributed by atoms with E-state index in [1.807, 2.05) is 36.0 Å². The van der Waals surface area contributed by atoms with E-state index in [0.717, 1.165) is 20.3 Å². The lowest BCUT2D eigenvalue weighted by Gasteiger charge is -2.18. The summed E-state index contributed by atoms with van der Waals surface area (Å²) in [5, 5.41) is 0. The van der Waals surface area contributed by atoms with Gasteiger partial charge in [-0.05, 0) is 23.8 Å². The maximum atomic E-state index is 5.64. The molecule has 0 saturated heterocycles. The third kappa shape index (κ3) is 2.60. The van der Waals surface area contributed by atoms with E-state index in [-0.39, 0.29) is 6.04 Å². The Morgan fingerprint density at radius 2 is 2.18 bits per heavy atom. The van der Waals surface area contributed by atoms with Crippen LogP contribution in [-0.2, 0) is 7.05 Å². The number of nitrogens with two attached hydrogens (primary N) is 1. The smallest absolute Gasteiger partial charge is 0.131 e. The summed E-state index contributed by atoms with van der Waals surface area (Å²) in [5.41, 5.74) is 3.83. The highest BCUT2D eigenvalue weighted by Gasteiger charge is 2.19. The van der Waals surface area contributed by atoms with Crippen LogP contribution in [0.5, 0.6) is 0 Å². The van der Waals surface area contributed by atoms with Crippen LogP contribution < -0.4 is 11.3 Å². The number of nitrogens with one attached hydrogen (secondary N) is 1. The highest BCUT2D eigenvalue weighted by molar-refractivity contribution is 9.11. The number of hydrogen-bond acceptors (Lipinski definition) is 3. The van der Waals surface area contributed by atoms with E-state index in [1.54, 1.807) is 6.20 Å². The molecule has 1 unspecified atom stereocenters. The zero-order valence-corrected chi connectivity index (χ0v) is 12.4. The van der Waals surface area contributed by atoms with Gasteiger partial charge in [0.05, 0.1) is 0 Å². The van der Waals surface area contributed by atoms with E-state index in [4.69, 9.17) is 5.84 Å². The zero-order valence-electron chi connectivity index (χ0n) is 9.19. The van der Waals surface area contributed by atoms with Crippen LogP contribution in [0.3, 0.4) is 0 Å². The van der Waals surface area contributed by atoms with Gasteiger partial charge in [0.2, 0.25) is 0 Å². The molecule has 1 aromatic heterocycles. The molecule has 0 radical (unpaired) electrons. The van der Waals surface area contributed by atoms with Gasteiger partial charge in [-0.3, -0.25) is 5.84 Å². The molecular formula is C11H12Br2N4. The Labute approximate surface area is 116 Å². The standard InChI is InChI=1S/C11H12Br2N4/c1-17-5-4-15-11(17)10(16-14)8-6-7(12)2-3-9(8)13/h2-6,10,16H,14H2,1H3. The van der Waals surface area contributed by atoms with Crippen LogP contribution in [0.2, 0.25) is 0 Å². The van der Waals surface area contributed by atoms with Crippen LogP contribution in [-0.4, -0.2) is 9.55 Å². The van der Waals surface area contributed by atoms with Gasteiger partial charge in [-0.25, -0.2) is 10.4 Å². The van der Waals surface area contributed by atoms with Crippen molar-refractivity contribution in [2.75, 3.05) is 0 Å². The Morgan fingerprint density at radius 1 is 1.41 bits per heavy atom. The number of benzene rings is 1. The molecule has 0 bridgehead atoms. The predicted molar refractivity (Wildman–Crippen MR) is 74.2 cm³/mol. The molecular weight excluding hydrogens is 348 g/mol. The summed E-state index contributed by atoms with van der Waals surface area (Å²) in [6, 6.07) is 5.82. The second kappa shape index (κ2) is 5.30. The van der Waals surface area contributed by atoms with Gasteiger partial charge in [0.1, 0.15) is 11.9 Å². The molecule has 2 rings (SSSR count). The van der Waals surface area contributed by atoms with Gasteiger partial charge in [0, 0.05) is 28.4 Å². The number of imidazole rings is 1. The summed E-state index contributed by atoms with van der Waals surface area (Å²) in [6.07, 6.45) is 3.65.